The van der Waals surface area contributed by atoms with Gasteiger partial charge in [0.15, 0.2) is 0 Å². The molecular weight excluding hydrogens is 270 g/mol. The molecule has 1 saturated heterocycles. The van der Waals surface area contributed by atoms with Gasteiger partial charge < -0.3 is 9.47 Å². The van der Waals surface area contributed by atoms with Crippen LogP contribution in [-0.4, -0.2) is 32.0 Å². The summed E-state index contributed by atoms with van der Waals surface area (Å²) in [4.78, 5) is 21.1. The van der Waals surface area contributed by atoms with Crippen molar-refractivity contribution in [2.45, 2.75) is 32.4 Å². The molecular formula is C14H17N5O2. The first-order chi connectivity index (χ1) is 10.1. The first-order valence-electron chi connectivity index (χ1n) is 6.98. The predicted molar refractivity (Wildman–Crippen MR) is 78.2 cm³/mol. The molecule has 3 heterocycles. The molecule has 0 aromatic carbocycles. The summed E-state index contributed by atoms with van der Waals surface area (Å²) in [5.74, 6) is 0.820. The molecule has 7 heteroatoms. The predicted octanol–water partition coefficient (Wildman–Crippen LogP) is 2.16. The van der Waals surface area contributed by atoms with E-state index in [4.69, 9.17) is 0 Å². The maximum atomic E-state index is 10.9. The summed E-state index contributed by atoms with van der Waals surface area (Å²) in [6.07, 6.45) is 9.09. The Bertz CT molecular complexity index is 641. The highest BCUT2D eigenvalue weighted by Gasteiger charge is 2.27. The largest absolute Gasteiger partial charge is 0.352 e. The number of pyridine rings is 1. The van der Waals surface area contributed by atoms with E-state index in [1.165, 1.54) is 6.20 Å². The number of imidazole rings is 1. The highest BCUT2D eigenvalue weighted by molar-refractivity contribution is 5.49. The average Bonchev–Trinajstić information content (AvgIpc) is 3.10. The van der Waals surface area contributed by atoms with E-state index in [0.717, 1.165) is 31.7 Å². The molecule has 0 spiro atoms. The Morgan fingerprint density at radius 2 is 2.38 bits per heavy atom. The fraction of sp³-hybridized carbons (Fsp3) is 0.429. The summed E-state index contributed by atoms with van der Waals surface area (Å²) in [7, 11) is 0. The van der Waals surface area contributed by atoms with Crippen molar-refractivity contribution in [3.63, 3.8) is 0 Å². The normalized spacial score (nSPS) is 18.1. The fourth-order valence-corrected chi connectivity index (χ4v) is 2.85. The lowest BCUT2D eigenvalue weighted by atomic mass is 10.2. The van der Waals surface area contributed by atoms with Gasteiger partial charge >= 0.3 is 0 Å². The summed E-state index contributed by atoms with van der Waals surface area (Å²) in [6.45, 7) is 3.55. The molecule has 0 amide bonds. The van der Waals surface area contributed by atoms with Gasteiger partial charge in [-0.2, -0.15) is 0 Å². The van der Waals surface area contributed by atoms with E-state index in [1.807, 2.05) is 18.6 Å². The van der Waals surface area contributed by atoms with Crippen LogP contribution in [0.2, 0.25) is 0 Å². The highest BCUT2D eigenvalue weighted by atomic mass is 16.6. The van der Waals surface area contributed by atoms with E-state index in [-0.39, 0.29) is 10.6 Å². The molecule has 1 atom stereocenters. The van der Waals surface area contributed by atoms with Crippen molar-refractivity contribution in [1.82, 2.24) is 14.5 Å². The molecule has 1 aliphatic heterocycles. The Kier molecular flexibility index (Phi) is 3.55. The minimum atomic E-state index is -0.390. The van der Waals surface area contributed by atoms with Crippen LogP contribution in [0, 0.1) is 17.0 Å². The van der Waals surface area contributed by atoms with Crippen molar-refractivity contribution in [2.75, 3.05) is 11.4 Å². The highest BCUT2D eigenvalue weighted by Crippen LogP contribution is 2.28. The third-order valence-electron chi connectivity index (χ3n) is 3.92. The number of nitrogens with zero attached hydrogens (tertiary/aromatic N) is 5. The van der Waals surface area contributed by atoms with Gasteiger partial charge in [0, 0.05) is 37.1 Å². The van der Waals surface area contributed by atoms with Gasteiger partial charge in [-0.15, -0.1) is 0 Å². The van der Waals surface area contributed by atoms with Gasteiger partial charge in [-0.05, 0) is 25.8 Å². The van der Waals surface area contributed by atoms with Crippen LogP contribution in [0.25, 0.3) is 0 Å². The molecule has 0 radical (unpaired) electrons. The Morgan fingerprint density at radius 3 is 3.05 bits per heavy atom. The number of anilines is 1. The van der Waals surface area contributed by atoms with Gasteiger partial charge in [0.25, 0.3) is 5.69 Å². The molecule has 0 bridgehead atoms. The molecule has 0 saturated carbocycles. The van der Waals surface area contributed by atoms with E-state index in [1.54, 1.807) is 13.1 Å². The maximum absolute atomic E-state index is 10.9. The van der Waals surface area contributed by atoms with Gasteiger partial charge in [0.1, 0.15) is 12.0 Å². The monoisotopic (exact) mass is 287 g/mol. The number of nitro groups is 1. The third kappa shape index (κ3) is 2.72. The Hall–Kier alpha value is -2.44. The molecule has 0 aliphatic carbocycles. The van der Waals surface area contributed by atoms with E-state index in [0.29, 0.717) is 11.6 Å². The lowest BCUT2D eigenvalue weighted by Crippen LogP contribution is -2.33. The molecule has 2 aromatic heterocycles. The van der Waals surface area contributed by atoms with Gasteiger partial charge in [-0.1, -0.05) is 0 Å². The van der Waals surface area contributed by atoms with Crippen LogP contribution in [0.3, 0.4) is 0 Å². The molecule has 21 heavy (non-hydrogen) atoms. The van der Waals surface area contributed by atoms with Crippen molar-refractivity contribution in [1.29, 1.82) is 0 Å². The van der Waals surface area contributed by atoms with Crippen molar-refractivity contribution in [3.05, 3.63) is 46.7 Å². The van der Waals surface area contributed by atoms with Gasteiger partial charge in [0.05, 0.1) is 11.3 Å². The van der Waals surface area contributed by atoms with Gasteiger partial charge in [0.2, 0.25) is 0 Å². The Balaban J connectivity index is 1.81. The van der Waals surface area contributed by atoms with Crippen LogP contribution in [-0.2, 0) is 6.54 Å². The van der Waals surface area contributed by atoms with Crippen molar-refractivity contribution >= 4 is 11.5 Å². The van der Waals surface area contributed by atoms with E-state index >= 15 is 0 Å². The number of hydrogen-bond acceptors (Lipinski definition) is 5. The van der Waals surface area contributed by atoms with E-state index in [9.17, 15) is 10.1 Å². The SMILES string of the molecule is Cc1cc(N2CCCC2Cn2ccnc2)ncc1[N+](=O)[O-]. The molecule has 2 aromatic rings. The quantitative estimate of drug-likeness (QED) is 0.636. The van der Waals surface area contributed by atoms with Crippen LogP contribution in [0.15, 0.2) is 31.0 Å². The average molecular weight is 287 g/mol. The summed E-state index contributed by atoms with van der Waals surface area (Å²) in [5, 5.41) is 10.9. The first-order valence-corrected chi connectivity index (χ1v) is 6.98. The molecule has 1 fully saturated rings. The zero-order chi connectivity index (χ0) is 14.8. The minimum Gasteiger partial charge on any atom is -0.352 e. The topological polar surface area (TPSA) is 77.1 Å². The molecule has 7 nitrogen and oxygen atoms in total. The Labute approximate surface area is 122 Å². The third-order valence-corrected chi connectivity index (χ3v) is 3.92. The second-order valence-electron chi connectivity index (χ2n) is 5.34. The first kappa shape index (κ1) is 13.5. The second kappa shape index (κ2) is 5.51. The van der Waals surface area contributed by atoms with Crippen LogP contribution >= 0.6 is 0 Å². The summed E-state index contributed by atoms with van der Waals surface area (Å²) in [6, 6.07) is 2.16. The number of rotatable bonds is 4. The lowest BCUT2D eigenvalue weighted by molar-refractivity contribution is -0.385. The molecule has 3 rings (SSSR count). The fourth-order valence-electron chi connectivity index (χ4n) is 2.85. The zero-order valence-corrected chi connectivity index (χ0v) is 11.8. The maximum Gasteiger partial charge on any atom is 0.290 e. The van der Waals surface area contributed by atoms with Crippen LogP contribution in [0.1, 0.15) is 18.4 Å². The number of aromatic nitrogens is 3. The van der Waals surface area contributed by atoms with Gasteiger partial charge in [-0.25, -0.2) is 9.97 Å². The van der Waals surface area contributed by atoms with Crippen LogP contribution < -0.4 is 4.90 Å². The summed E-state index contributed by atoms with van der Waals surface area (Å²) < 4.78 is 2.06. The summed E-state index contributed by atoms with van der Waals surface area (Å²) >= 11 is 0. The molecule has 1 unspecified atom stereocenters. The van der Waals surface area contributed by atoms with E-state index < -0.39 is 0 Å². The standard InChI is InChI=1S/C14H17N5O2/c1-11-7-14(16-8-13(11)19(20)21)18-5-2-3-12(18)9-17-6-4-15-10-17/h4,6-8,10,12H,2-3,5,9H2,1H3. The van der Waals surface area contributed by atoms with Crippen molar-refractivity contribution in [3.8, 4) is 0 Å². The lowest BCUT2D eigenvalue weighted by Gasteiger charge is -2.26. The van der Waals surface area contributed by atoms with Crippen molar-refractivity contribution in [2.24, 2.45) is 0 Å². The minimum absolute atomic E-state index is 0.0732. The second-order valence-corrected chi connectivity index (χ2v) is 5.34. The molecule has 1 aliphatic rings. The number of aryl methyl sites for hydroxylation is 1. The van der Waals surface area contributed by atoms with Crippen LogP contribution in [0.5, 0.6) is 0 Å². The van der Waals surface area contributed by atoms with Crippen molar-refractivity contribution < 1.29 is 4.92 Å². The summed E-state index contributed by atoms with van der Waals surface area (Å²) in [5.41, 5.74) is 0.724. The van der Waals surface area contributed by atoms with Crippen LogP contribution in [0.4, 0.5) is 11.5 Å². The number of hydrogen-bond donors (Lipinski definition) is 0. The zero-order valence-electron chi connectivity index (χ0n) is 11.8. The van der Waals surface area contributed by atoms with Gasteiger partial charge in [-0.3, -0.25) is 10.1 Å². The molecule has 110 valence electrons. The molecule has 0 N–H and O–H groups in total. The smallest absolute Gasteiger partial charge is 0.290 e. The van der Waals surface area contributed by atoms with E-state index in [2.05, 4.69) is 19.4 Å². The Morgan fingerprint density at radius 1 is 1.52 bits per heavy atom.